The predicted octanol–water partition coefficient (Wildman–Crippen LogP) is 2.71. The number of carbonyl (C=O) groups excluding carboxylic acids is 3. The number of rotatable bonds is 7. The fourth-order valence-electron chi connectivity index (χ4n) is 2.62. The first-order chi connectivity index (χ1) is 12.9. The van der Waals surface area contributed by atoms with E-state index >= 15 is 0 Å². The minimum absolute atomic E-state index is 0.304. The molecular formula is C21H24N2O4. The van der Waals surface area contributed by atoms with Crippen LogP contribution in [0.15, 0.2) is 54.6 Å². The molecule has 2 aromatic carbocycles. The number of hydrogen-bond donors (Lipinski definition) is 1. The summed E-state index contributed by atoms with van der Waals surface area (Å²) in [5, 5.41) is 2.51. The van der Waals surface area contributed by atoms with Crippen molar-refractivity contribution >= 4 is 23.5 Å². The monoisotopic (exact) mass is 368 g/mol. The van der Waals surface area contributed by atoms with Gasteiger partial charge in [0.05, 0.1) is 0 Å². The number of para-hydroxylation sites is 1. The second-order valence-electron chi connectivity index (χ2n) is 6.10. The third-order valence-electron chi connectivity index (χ3n) is 3.98. The summed E-state index contributed by atoms with van der Waals surface area (Å²) in [5.41, 5.74) is 2.15. The number of nitrogens with one attached hydrogen (secondary N) is 1. The fourth-order valence-corrected chi connectivity index (χ4v) is 2.62. The number of likely N-dealkylation sites (N-methyl/N-ethyl adjacent to an activating group) is 1. The Hall–Kier alpha value is -3.15. The van der Waals surface area contributed by atoms with Crippen molar-refractivity contribution in [3.05, 3.63) is 65.7 Å². The van der Waals surface area contributed by atoms with Gasteiger partial charge in [-0.15, -0.1) is 0 Å². The number of hydrogen-bond acceptors (Lipinski definition) is 4. The third-order valence-corrected chi connectivity index (χ3v) is 3.98. The van der Waals surface area contributed by atoms with Crippen LogP contribution in [0.4, 0.5) is 5.69 Å². The first kappa shape index (κ1) is 20.2. The molecule has 0 unspecified atom stereocenters. The topological polar surface area (TPSA) is 75.7 Å². The molecule has 6 heteroatoms. The van der Waals surface area contributed by atoms with E-state index in [0.717, 1.165) is 11.3 Å². The molecule has 0 bridgehead atoms. The number of amides is 2. The molecule has 27 heavy (non-hydrogen) atoms. The highest BCUT2D eigenvalue weighted by molar-refractivity contribution is 5.98. The highest BCUT2D eigenvalue weighted by Gasteiger charge is 2.24. The molecule has 0 aliphatic carbocycles. The van der Waals surface area contributed by atoms with Gasteiger partial charge >= 0.3 is 5.97 Å². The van der Waals surface area contributed by atoms with E-state index < -0.39 is 12.1 Å². The summed E-state index contributed by atoms with van der Waals surface area (Å²) in [6.45, 7) is 5.40. The van der Waals surface area contributed by atoms with Crippen molar-refractivity contribution in [2.24, 2.45) is 0 Å². The molecular weight excluding hydrogens is 344 g/mol. The van der Waals surface area contributed by atoms with Crippen LogP contribution in [0.25, 0.3) is 0 Å². The van der Waals surface area contributed by atoms with Crippen LogP contribution in [0.3, 0.4) is 0 Å². The van der Waals surface area contributed by atoms with Gasteiger partial charge in [-0.3, -0.25) is 14.4 Å². The second-order valence-corrected chi connectivity index (χ2v) is 6.10. The molecule has 1 atom stereocenters. The Balaban J connectivity index is 1.89. The minimum Gasteiger partial charge on any atom is -0.451 e. The average molecular weight is 368 g/mol. The first-order valence-corrected chi connectivity index (χ1v) is 8.83. The lowest BCUT2D eigenvalue weighted by Gasteiger charge is -2.24. The number of aryl methyl sites for hydroxylation is 1. The van der Waals surface area contributed by atoms with Crippen molar-refractivity contribution < 1.29 is 19.1 Å². The summed E-state index contributed by atoms with van der Waals surface area (Å²) < 4.78 is 5.18. The summed E-state index contributed by atoms with van der Waals surface area (Å²) in [5.74, 6) is -1.35. The normalized spacial score (nSPS) is 11.4. The molecule has 2 aromatic rings. The number of carbonyl (C=O) groups is 3. The van der Waals surface area contributed by atoms with Gasteiger partial charge in [0, 0.05) is 17.8 Å². The molecule has 0 radical (unpaired) electrons. The summed E-state index contributed by atoms with van der Waals surface area (Å²) in [7, 11) is 0. The third kappa shape index (κ3) is 5.67. The van der Waals surface area contributed by atoms with Gasteiger partial charge < -0.3 is 15.0 Å². The van der Waals surface area contributed by atoms with E-state index in [9.17, 15) is 14.4 Å². The summed E-state index contributed by atoms with van der Waals surface area (Å²) >= 11 is 0. The number of esters is 1. The van der Waals surface area contributed by atoms with Gasteiger partial charge in [0.2, 0.25) is 0 Å². The van der Waals surface area contributed by atoms with E-state index in [1.54, 1.807) is 23.1 Å². The lowest BCUT2D eigenvalue weighted by atomic mass is 10.1. The van der Waals surface area contributed by atoms with Gasteiger partial charge in [-0.05, 0) is 45.0 Å². The van der Waals surface area contributed by atoms with Crippen LogP contribution in [-0.4, -0.2) is 37.0 Å². The van der Waals surface area contributed by atoms with Gasteiger partial charge in [-0.1, -0.05) is 35.9 Å². The highest BCUT2D eigenvalue weighted by Crippen LogP contribution is 2.15. The zero-order valence-corrected chi connectivity index (χ0v) is 15.8. The Labute approximate surface area is 159 Å². The van der Waals surface area contributed by atoms with Crippen molar-refractivity contribution in [1.29, 1.82) is 0 Å². The van der Waals surface area contributed by atoms with Crippen LogP contribution in [0.5, 0.6) is 0 Å². The van der Waals surface area contributed by atoms with Crippen LogP contribution >= 0.6 is 0 Å². The maximum Gasteiger partial charge on any atom is 0.326 e. The van der Waals surface area contributed by atoms with Crippen LogP contribution in [-0.2, 0) is 14.3 Å². The molecule has 2 amide bonds. The number of ether oxygens (including phenoxy) is 1. The molecule has 0 heterocycles. The van der Waals surface area contributed by atoms with Gasteiger partial charge in [0.1, 0.15) is 6.54 Å². The Kier molecular flexibility index (Phi) is 7.11. The molecule has 0 fully saturated rings. The van der Waals surface area contributed by atoms with Crippen molar-refractivity contribution in [2.45, 2.75) is 26.9 Å². The van der Waals surface area contributed by atoms with E-state index in [4.69, 9.17) is 4.74 Å². The number of anilines is 1. The lowest BCUT2D eigenvalue weighted by molar-refractivity contribution is -0.152. The zero-order chi connectivity index (χ0) is 19.8. The molecule has 6 nitrogen and oxygen atoms in total. The Morgan fingerprint density at radius 3 is 2.41 bits per heavy atom. The Bertz CT molecular complexity index is 805. The molecule has 2 rings (SSSR count). The van der Waals surface area contributed by atoms with Crippen LogP contribution in [0, 0.1) is 6.92 Å². The lowest BCUT2D eigenvalue weighted by Crippen LogP contribution is -2.41. The number of benzene rings is 2. The smallest absolute Gasteiger partial charge is 0.326 e. The molecule has 0 saturated carbocycles. The quantitative estimate of drug-likeness (QED) is 0.763. The fraction of sp³-hybridized carbons (Fsp3) is 0.286. The average Bonchev–Trinajstić information content (AvgIpc) is 2.67. The number of nitrogens with zero attached hydrogens (tertiary/aromatic N) is 1. The summed E-state index contributed by atoms with van der Waals surface area (Å²) in [6, 6.07) is 16.2. The zero-order valence-electron chi connectivity index (χ0n) is 15.8. The van der Waals surface area contributed by atoms with Crippen molar-refractivity contribution in [1.82, 2.24) is 5.32 Å². The molecule has 0 aliphatic rings. The van der Waals surface area contributed by atoms with E-state index in [0.29, 0.717) is 12.1 Å². The van der Waals surface area contributed by atoms with Crippen LogP contribution in [0.2, 0.25) is 0 Å². The Morgan fingerprint density at radius 2 is 1.78 bits per heavy atom. The molecule has 0 aliphatic heterocycles. The largest absolute Gasteiger partial charge is 0.451 e. The van der Waals surface area contributed by atoms with Gasteiger partial charge in [-0.25, -0.2) is 0 Å². The minimum atomic E-state index is -0.950. The van der Waals surface area contributed by atoms with Gasteiger partial charge in [0.15, 0.2) is 6.10 Å². The summed E-state index contributed by atoms with van der Waals surface area (Å²) in [4.78, 5) is 38.2. The maximum absolute atomic E-state index is 12.6. The van der Waals surface area contributed by atoms with E-state index in [-0.39, 0.29) is 18.4 Å². The SMILES string of the molecule is CCN(C(=O)[C@H](C)OC(=O)CNC(=O)c1cccc(C)c1)c1ccccc1. The molecule has 0 saturated heterocycles. The van der Waals surface area contributed by atoms with E-state index in [1.807, 2.05) is 50.2 Å². The standard InChI is InChI=1S/C21H24N2O4/c1-4-23(18-11-6-5-7-12-18)21(26)16(3)27-19(24)14-22-20(25)17-10-8-9-15(2)13-17/h5-13,16H,4,14H2,1-3H3,(H,22,25)/t16-/m0/s1. The van der Waals surface area contributed by atoms with E-state index in [1.165, 1.54) is 6.92 Å². The second kappa shape index (κ2) is 9.52. The van der Waals surface area contributed by atoms with Gasteiger partial charge in [-0.2, -0.15) is 0 Å². The van der Waals surface area contributed by atoms with E-state index in [2.05, 4.69) is 5.32 Å². The molecule has 1 N–H and O–H groups in total. The van der Waals surface area contributed by atoms with Crippen LogP contribution in [0.1, 0.15) is 29.8 Å². The van der Waals surface area contributed by atoms with Crippen molar-refractivity contribution in [3.63, 3.8) is 0 Å². The van der Waals surface area contributed by atoms with Gasteiger partial charge in [0.25, 0.3) is 11.8 Å². The van der Waals surface area contributed by atoms with Crippen LogP contribution < -0.4 is 10.2 Å². The molecule has 0 spiro atoms. The maximum atomic E-state index is 12.6. The van der Waals surface area contributed by atoms with Crippen molar-refractivity contribution in [3.8, 4) is 0 Å². The summed E-state index contributed by atoms with van der Waals surface area (Å²) in [6.07, 6.45) is -0.950. The first-order valence-electron chi connectivity index (χ1n) is 8.83. The predicted molar refractivity (Wildman–Crippen MR) is 104 cm³/mol. The Morgan fingerprint density at radius 1 is 1.07 bits per heavy atom. The molecule has 0 aromatic heterocycles. The highest BCUT2D eigenvalue weighted by atomic mass is 16.5. The molecule has 142 valence electrons. The van der Waals surface area contributed by atoms with Crippen molar-refractivity contribution in [2.75, 3.05) is 18.0 Å².